The highest BCUT2D eigenvalue weighted by molar-refractivity contribution is 6.18. The fraction of sp³-hybridized carbons (Fsp3) is 0.435. The SMILES string of the molecule is Cc1ccc(C(CCN(C)C)(CNC(=O)N(CCCl)N=O)c2ccc(C)cc2)cc1. The number of benzene rings is 2. The van der Waals surface area contributed by atoms with Gasteiger partial charge in [0.2, 0.25) is 0 Å². The molecule has 0 fully saturated rings. The highest BCUT2D eigenvalue weighted by Crippen LogP contribution is 2.36. The minimum absolute atomic E-state index is 0.0661. The summed E-state index contributed by atoms with van der Waals surface area (Å²) in [7, 11) is 4.07. The van der Waals surface area contributed by atoms with Crippen molar-refractivity contribution in [2.24, 2.45) is 5.29 Å². The van der Waals surface area contributed by atoms with E-state index in [2.05, 4.69) is 77.9 Å². The maximum absolute atomic E-state index is 12.6. The number of alkyl halides is 1. The molecule has 0 saturated heterocycles. The van der Waals surface area contributed by atoms with Crippen molar-refractivity contribution < 1.29 is 4.79 Å². The van der Waals surface area contributed by atoms with E-state index in [4.69, 9.17) is 11.6 Å². The zero-order valence-electron chi connectivity index (χ0n) is 18.2. The van der Waals surface area contributed by atoms with Crippen LogP contribution in [0.5, 0.6) is 0 Å². The second-order valence-electron chi connectivity index (χ2n) is 7.92. The molecule has 0 spiro atoms. The number of rotatable bonds is 10. The van der Waals surface area contributed by atoms with Crippen LogP contribution in [0.25, 0.3) is 0 Å². The Morgan fingerprint density at radius 3 is 1.87 bits per heavy atom. The van der Waals surface area contributed by atoms with Gasteiger partial charge in [0.25, 0.3) is 0 Å². The zero-order valence-corrected chi connectivity index (χ0v) is 18.9. The second kappa shape index (κ2) is 11.1. The molecule has 0 atom stereocenters. The summed E-state index contributed by atoms with van der Waals surface area (Å²) in [4.78, 5) is 25.7. The van der Waals surface area contributed by atoms with Gasteiger partial charge in [0.1, 0.15) is 0 Å². The molecule has 30 heavy (non-hydrogen) atoms. The van der Waals surface area contributed by atoms with Crippen LogP contribution in [-0.4, -0.2) is 55.5 Å². The maximum Gasteiger partial charge on any atom is 0.340 e. The summed E-state index contributed by atoms with van der Waals surface area (Å²) in [5, 5.41) is 6.55. The molecule has 0 saturated carbocycles. The summed E-state index contributed by atoms with van der Waals surface area (Å²) in [6.07, 6.45) is 0.788. The Hall–Kier alpha value is -2.44. The van der Waals surface area contributed by atoms with Gasteiger partial charge in [-0.2, -0.15) is 5.01 Å². The van der Waals surface area contributed by atoms with Gasteiger partial charge in [0.05, 0.1) is 11.8 Å². The first-order valence-corrected chi connectivity index (χ1v) is 10.6. The Kier molecular flexibility index (Phi) is 8.81. The average Bonchev–Trinajstić information content (AvgIpc) is 2.73. The lowest BCUT2D eigenvalue weighted by Gasteiger charge is -2.37. The van der Waals surface area contributed by atoms with Crippen molar-refractivity contribution in [3.8, 4) is 0 Å². The molecule has 2 rings (SSSR count). The van der Waals surface area contributed by atoms with Gasteiger partial charge in [-0.1, -0.05) is 59.7 Å². The number of nitroso groups, excluding NO2 is 1. The van der Waals surface area contributed by atoms with Crippen LogP contribution < -0.4 is 5.32 Å². The number of amides is 2. The molecule has 0 radical (unpaired) electrons. The number of nitrogens with zero attached hydrogens (tertiary/aromatic N) is 3. The number of hydrogen-bond acceptors (Lipinski definition) is 4. The fourth-order valence-corrected chi connectivity index (χ4v) is 3.64. The molecule has 7 heteroatoms. The zero-order chi connectivity index (χ0) is 22.1. The molecule has 0 unspecified atom stereocenters. The van der Waals surface area contributed by atoms with Gasteiger partial charge in [-0.25, -0.2) is 4.79 Å². The van der Waals surface area contributed by atoms with Gasteiger partial charge >= 0.3 is 6.03 Å². The van der Waals surface area contributed by atoms with E-state index in [0.717, 1.165) is 29.1 Å². The van der Waals surface area contributed by atoms with E-state index in [1.165, 1.54) is 11.1 Å². The first kappa shape index (κ1) is 23.8. The highest BCUT2D eigenvalue weighted by Gasteiger charge is 2.35. The van der Waals surface area contributed by atoms with E-state index in [-0.39, 0.29) is 12.4 Å². The smallest absolute Gasteiger partial charge is 0.335 e. The normalized spacial score (nSPS) is 11.4. The lowest BCUT2D eigenvalue weighted by atomic mass is 9.71. The first-order chi connectivity index (χ1) is 14.3. The fourth-order valence-electron chi connectivity index (χ4n) is 3.48. The summed E-state index contributed by atoms with van der Waals surface area (Å²) in [5.74, 6) is 0.140. The van der Waals surface area contributed by atoms with Crippen molar-refractivity contribution in [1.29, 1.82) is 0 Å². The predicted molar refractivity (Wildman–Crippen MR) is 123 cm³/mol. The van der Waals surface area contributed by atoms with E-state index in [1.807, 2.05) is 14.1 Å². The third-order valence-corrected chi connectivity index (χ3v) is 5.53. The van der Waals surface area contributed by atoms with Gasteiger partial charge in [-0.15, -0.1) is 16.5 Å². The molecular formula is C23H31ClN4O2. The minimum Gasteiger partial charge on any atom is -0.335 e. The van der Waals surface area contributed by atoms with Crippen molar-refractivity contribution in [2.75, 3.05) is 39.6 Å². The third-order valence-electron chi connectivity index (χ3n) is 5.36. The van der Waals surface area contributed by atoms with Crippen LogP contribution in [0, 0.1) is 18.8 Å². The predicted octanol–water partition coefficient (Wildman–Crippen LogP) is 4.47. The maximum atomic E-state index is 12.6. The van der Waals surface area contributed by atoms with Crippen LogP contribution in [0.1, 0.15) is 28.7 Å². The molecule has 0 aliphatic carbocycles. The molecule has 2 amide bonds. The Balaban J connectivity index is 2.49. The number of aryl methyl sites for hydroxylation is 2. The van der Waals surface area contributed by atoms with Gasteiger partial charge < -0.3 is 10.2 Å². The Morgan fingerprint density at radius 2 is 1.47 bits per heavy atom. The van der Waals surface area contributed by atoms with Crippen LogP contribution in [0.3, 0.4) is 0 Å². The summed E-state index contributed by atoms with van der Waals surface area (Å²) in [5.41, 5.74) is 4.11. The highest BCUT2D eigenvalue weighted by atomic mass is 35.5. The monoisotopic (exact) mass is 430 g/mol. The Morgan fingerprint density at radius 1 is 0.967 bits per heavy atom. The second-order valence-corrected chi connectivity index (χ2v) is 8.30. The standard InChI is InChI=1S/C23H31ClN4O2/c1-18-5-9-20(10-6-18)23(13-15-27(3)4,21-11-7-19(2)8-12-21)17-25-22(29)28(26-30)16-14-24/h5-12H,13-17H2,1-4H3,(H,25,29). The number of nitrogens with one attached hydrogen (secondary N) is 1. The summed E-state index contributed by atoms with van der Waals surface area (Å²) in [6.45, 7) is 5.34. The average molecular weight is 431 g/mol. The molecule has 0 aliphatic rings. The van der Waals surface area contributed by atoms with Crippen molar-refractivity contribution >= 4 is 17.6 Å². The van der Waals surface area contributed by atoms with Crippen molar-refractivity contribution in [3.05, 3.63) is 75.7 Å². The molecule has 2 aromatic rings. The molecule has 6 nitrogen and oxygen atoms in total. The van der Waals surface area contributed by atoms with Gasteiger partial charge in [0, 0.05) is 17.8 Å². The summed E-state index contributed by atoms with van der Waals surface area (Å²) < 4.78 is 0. The topological polar surface area (TPSA) is 65.0 Å². The van der Waals surface area contributed by atoms with Crippen LogP contribution in [0.4, 0.5) is 4.79 Å². The minimum atomic E-state index is -0.542. The Labute approximate surface area is 184 Å². The van der Waals surface area contributed by atoms with Crippen LogP contribution >= 0.6 is 11.6 Å². The van der Waals surface area contributed by atoms with Gasteiger partial charge in [-0.3, -0.25) is 0 Å². The molecule has 1 N–H and O–H groups in total. The van der Waals surface area contributed by atoms with Gasteiger partial charge in [0.15, 0.2) is 0 Å². The van der Waals surface area contributed by atoms with E-state index in [0.29, 0.717) is 6.54 Å². The molecule has 0 heterocycles. The largest absolute Gasteiger partial charge is 0.340 e. The lowest BCUT2D eigenvalue weighted by Crippen LogP contribution is -2.47. The van der Waals surface area contributed by atoms with E-state index < -0.39 is 11.4 Å². The summed E-state index contributed by atoms with van der Waals surface area (Å²) in [6, 6.07) is 16.3. The molecular weight excluding hydrogens is 400 g/mol. The molecule has 0 aromatic heterocycles. The van der Waals surface area contributed by atoms with Crippen molar-refractivity contribution in [3.63, 3.8) is 0 Å². The molecule has 0 aliphatic heterocycles. The third kappa shape index (κ3) is 6.03. The lowest BCUT2D eigenvalue weighted by molar-refractivity contribution is 0.199. The summed E-state index contributed by atoms with van der Waals surface area (Å²) >= 11 is 5.69. The first-order valence-electron chi connectivity index (χ1n) is 10.1. The van der Waals surface area contributed by atoms with E-state index >= 15 is 0 Å². The van der Waals surface area contributed by atoms with Crippen molar-refractivity contribution in [1.82, 2.24) is 15.2 Å². The Bertz CT molecular complexity index is 777. The number of halogens is 1. The molecule has 162 valence electrons. The van der Waals surface area contributed by atoms with E-state index in [9.17, 15) is 9.70 Å². The number of hydrogen-bond donors (Lipinski definition) is 1. The number of carbonyl (C=O) groups is 1. The van der Waals surface area contributed by atoms with Gasteiger partial charge in [-0.05, 0) is 52.0 Å². The molecule has 2 aromatic carbocycles. The van der Waals surface area contributed by atoms with Crippen LogP contribution in [0.15, 0.2) is 53.8 Å². The van der Waals surface area contributed by atoms with E-state index in [1.54, 1.807) is 0 Å². The van der Waals surface area contributed by atoms with Crippen LogP contribution in [0.2, 0.25) is 0 Å². The quantitative estimate of drug-likeness (QED) is 0.343. The van der Waals surface area contributed by atoms with Crippen molar-refractivity contribution in [2.45, 2.75) is 25.7 Å². The number of urea groups is 1. The van der Waals surface area contributed by atoms with Crippen LogP contribution in [-0.2, 0) is 5.41 Å². The number of carbonyl (C=O) groups excluding carboxylic acids is 1. The molecule has 0 bridgehead atoms.